The van der Waals surface area contributed by atoms with E-state index in [9.17, 15) is 10.1 Å². The number of hydrogen-bond acceptors (Lipinski definition) is 4. The van der Waals surface area contributed by atoms with Gasteiger partial charge in [-0.3, -0.25) is 4.79 Å². The third-order valence-corrected chi connectivity index (χ3v) is 5.09. The van der Waals surface area contributed by atoms with Gasteiger partial charge in [0, 0.05) is 22.7 Å². The number of aryl methyl sites for hydroxylation is 2. The molecule has 3 rings (SSSR count). The maximum atomic E-state index is 12.3. The van der Waals surface area contributed by atoms with E-state index in [1.165, 1.54) is 11.8 Å². The van der Waals surface area contributed by atoms with Gasteiger partial charge in [-0.1, -0.05) is 30.3 Å². The van der Waals surface area contributed by atoms with Crippen LogP contribution in [0.2, 0.25) is 0 Å². The first-order valence-electron chi connectivity index (χ1n) is 8.53. The smallest absolute Gasteiger partial charge is 0.255 e. The normalized spacial score (nSPS) is 10.3. The number of nitrogens with zero attached hydrogens (tertiary/aromatic N) is 2. The summed E-state index contributed by atoms with van der Waals surface area (Å²) < 4.78 is 0. The van der Waals surface area contributed by atoms with Crippen molar-refractivity contribution < 1.29 is 4.79 Å². The Labute approximate surface area is 163 Å². The summed E-state index contributed by atoms with van der Waals surface area (Å²) in [5.41, 5.74) is 4.93. The number of benzene rings is 2. The van der Waals surface area contributed by atoms with E-state index < -0.39 is 0 Å². The number of aromatic nitrogens is 1. The lowest BCUT2D eigenvalue weighted by Gasteiger charge is -2.08. The molecule has 27 heavy (non-hydrogen) atoms. The molecule has 0 fully saturated rings. The molecule has 3 aromatic rings. The Morgan fingerprint density at radius 3 is 2.48 bits per heavy atom. The number of carbonyl (C=O) groups excluding carboxylic acids is 1. The first-order valence-corrected chi connectivity index (χ1v) is 9.52. The van der Waals surface area contributed by atoms with Crippen LogP contribution in [0.3, 0.4) is 0 Å². The number of nitrogens with one attached hydrogen (secondary N) is 1. The summed E-state index contributed by atoms with van der Waals surface area (Å²) in [5, 5.41) is 13.0. The minimum atomic E-state index is -0.136. The third kappa shape index (κ3) is 4.75. The largest absolute Gasteiger partial charge is 0.322 e. The van der Waals surface area contributed by atoms with Gasteiger partial charge in [0.05, 0.1) is 5.56 Å². The van der Waals surface area contributed by atoms with E-state index >= 15 is 0 Å². The molecule has 0 atom stereocenters. The van der Waals surface area contributed by atoms with Gasteiger partial charge >= 0.3 is 0 Å². The van der Waals surface area contributed by atoms with Gasteiger partial charge in [-0.15, -0.1) is 11.8 Å². The van der Waals surface area contributed by atoms with Gasteiger partial charge in [-0.25, -0.2) is 4.98 Å². The van der Waals surface area contributed by atoms with Crippen LogP contribution in [0.5, 0.6) is 0 Å². The molecule has 134 valence electrons. The molecule has 0 aliphatic heterocycles. The Morgan fingerprint density at radius 1 is 1.11 bits per heavy atom. The highest BCUT2D eigenvalue weighted by Gasteiger charge is 2.10. The zero-order valence-corrected chi connectivity index (χ0v) is 16.0. The topological polar surface area (TPSA) is 65.8 Å². The molecule has 1 amide bonds. The van der Waals surface area contributed by atoms with Crippen LogP contribution in [0.4, 0.5) is 5.69 Å². The Balaban J connectivity index is 1.67. The molecule has 0 unspecified atom stereocenters. The number of amides is 1. The van der Waals surface area contributed by atoms with Gasteiger partial charge in [0.15, 0.2) is 0 Å². The standard InChI is InChI=1S/C22H19N3OS/c1-15-12-16(2)24-22(20(15)13-23)27-14-17-8-10-18(11-9-17)21(26)25-19-6-4-3-5-7-19/h3-12H,14H2,1-2H3,(H,25,26). The summed E-state index contributed by atoms with van der Waals surface area (Å²) in [7, 11) is 0. The molecule has 1 aromatic heterocycles. The van der Waals surface area contributed by atoms with E-state index in [1.807, 2.05) is 74.5 Å². The van der Waals surface area contributed by atoms with Crippen LogP contribution in [0, 0.1) is 25.2 Å². The summed E-state index contributed by atoms with van der Waals surface area (Å²) >= 11 is 1.54. The van der Waals surface area contributed by atoms with Gasteiger partial charge in [0.1, 0.15) is 11.1 Å². The molecule has 0 aliphatic carbocycles. The Morgan fingerprint density at radius 2 is 1.81 bits per heavy atom. The second-order valence-electron chi connectivity index (χ2n) is 6.18. The van der Waals surface area contributed by atoms with E-state index in [0.717, 1.165) is 27.5 Å². The van der Waals surface area contributed by atoms with Crippen molar-refractivity contribution in [1.82, 2.24) is 4.98 Å². The Bertz CT molecular complexity index is 993. The zero-order valence-electron chi connectivity index (χ0n) is 15.2. The van der Waals surface area contributed by atoms with Crippen molar-refractivity contribution in [3.05, 3.63) is 88.6 Å². The van der Waals surface area contributed by atoms with Crippen LogP contribution in [0.1, 0.15) is 32.7 Å². The molecule has 1 heterocycles. The van der Waals surface area contributed by atoms with Gasteiger partial charge in [0.2, 0.25) is 0 Å². The average molecular weight is 373 g/mol. The second-order valence-corrected chi connectivity index (χ2v) is 7.14. The fourth-order valence-corrected chi connectivity index (χ4v) is 3.73. The average Bonchev–Trinajstić information content (AvgIpc) is 2.67. The van der Waals surface area contributed by atoms with Crippen LogP contribution in [0.15, 0.2) is 65.7 Å². The SMILES string of the molecule is Cc1cc(C)c(C#N)c(SCc2ccc(C(=O)Nc3ccccc3)cc2)n1. The highest BCUT2D eigenvalue weighted by atomic mass is 32.2. The van der Waals surface area contributed by atoms with Crippen molar-refractivity contribution in [1.29, 1.82) is 5.26 Å². The zero-order chi connectivity index (χ0) is 19.2. The molecule has 0 saturated carbocycles. The number of rotatable bonds is 5. The Kier molecular flexibility index (Phi) is 5.90. The van der Waals surface area contributed by atoms with E-state index in [0.29, 0.717) is 16.9 Å². The van der Waals surface area contributed by atoms with Crippen LogP contribution >= 0.6 is 11.8 Å². The summed E-state index contributed by atoms with van der Waals surface area (Å²) in [6, 6.07) is 21.0. The van der Waals surface area contributed by atoms with Gasteiger partial charge < -0.3 is 5.32 Å². The quantitative estimate of drug-likeness (QED) is 0.631. The van der Waals surface area contributed by atoms with Crippen molar-refractivity contribution in [3.8, 4) is 6.07 Å². The number of carbonyl (C=O) groups is 1. The van der Waals surface area contributed by atoms with Crippen molar-refractivity contribution >= 4 is 23.4 Å². The lowest BCUT2D eigenvalue weighted by molar-refractivity contribution is 0.102. The second kappa shape index (κ2) is 8.52. The number of anilines is 1. The highest BCUT2D eigenvalue weighted by molar-refractivity contribution is 7.98. The van der Waals surface area contributed by atoms with E-state index in [-0.39, 0.29) is 5.91 Å². The molecule has 0 radical (unpaired) electrons. The van der Waals surface area contributed by atoms with Gasteiger partial charge in [0.25, 0.3) is 5.91 Å². The maximum absolute atomic E-state index is 12.3. The molecular weight excluding hydrogens is 354 g/mol. The fourth-order valence-electron chi connectivity index (χ4n) is 2.67. The first-order chi connectivity index (χ1) is 13.1. The molecule has 5 heteroatoms. The predicted molar refractivity (Wildman–Crippen MR) is 109 cm³/mol. The van der Waals surface area contributed by atoms with Crippen LogP contribution in [0.25, 0.3) is 0 Å². The van der Waals surface area contributed by atoms with Gasteiger partial charge in [-0.05, 0) is 55.3 Å². The van der Waals surface area contributed by atoms with Crippen molar-refractivity contribution in [2.24, 2.45) is 0 Å². The minimum Gasteiger partial charge on any atom is -0.322 e. The molecule has 0 aliphatic rings. The molecule has 0 saturated heterocycles. The highest BCUT2D eigenvalue weighted by Crippen LogP contribution is 2.27. The summed E-state index contributed by atoms with van der Waals surface area (Å²) in [4.78, 5) is 16.8. The number of para-hydroxylation sites is 1. The summed E-state index contributed by atoms with van der Waals surface area (Å²) in [6.45, 7) is 3.86. The lowest BCUT2D eigenvalue weighted by atomic mass is 10.1. The van der Waals surface area contributed by atoms with Gasteiger partial charge in [-0.2, -0.15) is 5.26 Å². The van der Waals surface area contributed by atoms with Crippen LogP contribution < -0.4 is 5.32 Å². The predicted octanol–water partition coefficient (Wildman–Crippen LogP) is 5.11. The number of thioether (sulfide) groups is 1. The van der Waals surface area contributed by atoms with Crippen molar-refractivity contribution in [2.75, 3.05) is 5.32 Å². The Hall–Kier alpha value is -3.10. The van der Waals surface area contributed by atoms with Crippen LogP contribution in [-0.2, 0) is 5.75 Å². The summed E-state index contributed by atoms with van der Waals surface area (Å²) in [6.07, 6.45) is 0. The maximum Gasteiger partial charge on any atom is 0.255 e. The number of hydrogen-bond donors (Lipinski definition) is 1. The fraction of sp³-hybridized carbons (Fsp3) is 0.136. The molecule has 0 spiro atoms. The minimum absolute atomic E-state index is 0.136. The summed E-state index contributed by atoms with van der Waals surface area (Å²) in [5.74, 6) is 0.550. The van der Waals surface area contributed by atoms with Crippen molar-refractivity contribution in [2.45, 2.75) is 24.6 Å². The third-order valence-electron chi connectivity index (χ3n) is 4.05. The lowest BCUT2D eigenvalue weighted by Crippen LogP contribution is -2.11. The molecule has 0 bridgehead atoms. The number of nitriles is 1. The molecule has 4 nitrogen and oxygen atoms in total. The molecular formula is C22H19N3OS. The van der Waals surface area contributed by atoms with E-state index in [1.54, 1.807) is 0 Å². The molecule has 2 aromatic carbocycles. The number of pyridine rings is 1. The monoisotopic (exact) mass is 373 g/mol. The first kappa shape index (κ1) is 18.7. The van der Waals surface area contributed by atoms with E-state index in [4.69, 9.17) is 0 Å². The molecule has 1 N–H and O–H groups in total. The van der Waals surface area contributed by atoms with Crippen molar-refractivity contribution in [3.63, 3.8) is 0 Å². The van der Waals surface area contributed by atoms with Crippen LogP contribution in [-0.4, -0.2) is 10.9 Å². The van der Waals surface area contributed by atoms with E-state index in [2.05, 4.69) is 16.4 Å².